The summed E-state index contributed by atoms with van der Waals surface area (Å²) in [6, 6.07) is 11.9. The van der Waals surface area contributed by atoms with E-state index in [2.05, 4.69) is 4.98 Å². The molecular formula is C24H22F3N3. The first-order chi connectivity index (χ1) is 14.3. The minimum absolute atomic E-state index is 0.415. The van der Waals surface area contributed by atoms with Gasteiger partial charge in [0.05, 0.1) is 11.3 Å². The fourth-order valence-electron chi connectivity index (χ4n) is 3.89. The summed E-state index contributed by atoms with van der Waals surface area (Å²) >= 11 is 0. The minimum Gasteiger partial charge on any atom is -0.341 e. The molecule has 0 saturated carbocycles. The fourth-order valence-corrected chi connectivity index (χ4v) is 3.89. The highest BCUT2D eigenvalue weighted by Gasteiger charge is 2.32. The number of alkyl halides is 3. The molecule has 0 amide bonds. The zero-order valence-corrected chi connectivity index (χ0v) is 17.0. The van der Waals surface area contributed by atoms with E-state index in [1.165, 1.54) is 12.2 Å². The number of hydrogen-bond donors (Lipinski definition) is 1. The van der Waals surface area contributed by atoms with Crippen LogP contribution in [0, 0.1) is 20.8 Å². The molecule has 1 aliphatic rings. The topological polar surface area (TPSA) is 33.6 Å². The highest BCUT2D eigenvalue weighted by molar-refractivity contribution is 5.71. The third kappa shape index (κ3) is 3.65. The summed E-state index contributed by atoms with van der Waals surface area (Å²) in [6.07, 6.45) is 1.58. The molecule has 1 aromatic carbocycles. The maximum Gasteiger partial charge on any atom is 0.416 e. The van der Waals surface area contributed by atoms with Gasteiger partial charge >= 0.3 is 6.18 Å². The number of allylic oxidation sites excluding steroid dienone is 6. The van der Waals surface area contributed by atoms with Gasteiger partial charge in [0.2, 0.25) is 0 Å². The third-order valence-electron chi connectivity index (χ3n) is 5.29. The maximum absolute atomic E-state index is 13.3. The second-order valence-corrected chi connectivity index (χ2v) is 7.43. The Kier molecular flexibility index (Phi) is 5.02. The first-order valence-electron chi connectivity index (χ1n) is 9.72. The van der Waals surface area contributed by atoms with Crippen molar-refractivity contribution in [1.29, 1.82) is 0 Å². The number of benzene rings is 1. The van der Waals surface area contributed by atoms with Gasteiger partial charge in [-0.25, -0.2) is 4.98 Å². The number of halogens is 3. The second kappa shape index (κ2) is 7.52. The van der Waals surface area contributed by atoms with E-state index >= 15 is 0 Å². The molecule has 3 aromatic rings. The van der Waals surface area contributed by atoms with Crippen LogP contribution in [0.4, 0.5) is 13.2 Å². The lowest BCUT2D eigenvalue weighted by Crippen LogP contribution is -2.11. The van der Waals surface area contributed by atoms with Crippen LogP contribution >= 0.6 is 0 Å². The molecule has 0 fully saturated rings. The van der Waals surface area contributed by atoms with Crippen molar-refractivity contribution in [3.05, 3.63) is 83.4 Å². The highest BCUT2D eigenvalue weighted by atomic mass is 19.4. The quantitative estimate of drug-likeness (QED) is 0.509. The maximum atomic E-state index is 13.3. The van der Waals surface area contributed by atoms with Gasteiger partial charge in [0.25, 0.3) is 0 Å². The van der Waals surface area contributed by atoms with Crippen molar-refractivity contribution in [3.8, 4) is 22.6 Å². The Bertz CT molecular complexity index is 1170. The summed E-state index contributed by atoms with van der Waals surface area (Å²) < 4.78 is 41.8. The average molecular weight is 409 g/mol. The van der Waals surface area contributed by atoms with E-state index in [9.17, 15) is 13.2 Å². The standard InChI is InChI=1S/C24H22F3N3/c1-15-13-21(23-28-16(2)22(29-23)18-9-5-4-6-10-18)17(3)30(15)20-12-8-7-11-19(14-20)24(25,26)27/h4-11,13-14H,12H2,1-3H3,(H,28,29). The van der Waals surface area contributed by atoms with Crippen LogP contribution in [0.2, 0.25) is 0 Å². The van der Waals surface area contributed by atoms with E-state index < -0.39 is 11.7 Å². The molecule has 0 atom stereocenters. The zero-order valence-electron chi connectivity index (χ0n) is 17.0. The lowest BCUT2D eigenvalue weighted by Gasteiger charge is -2.14. The molecule has 2 aromatic heterocycles. The van der Waals surface area contributed by atoms with E-state index in [4.69, 9.17) is 4.98 Å². The normalized spacial score (nSPS) is 14.5. The van der Waals surface area contributed by atoms with Gasteiger partial charge in [-0.2, -0.15) is 13.2 Å². The lowest BCUT2D eigenvalue weighted by atomic mass is 10.1. The Morgan fingerprint density at radius 1 is 1.07 bits per heavy atom. The van der Waals surface area contributed by atoms with Crippen LogP contribution in [0.3, 0.4) is 0 Å². The van der Waals surface area contributed by atoms with Crippen LogP contribution in [-0.2, 0) is 0 Å². The summed E-state index contributed by atoms with van der Waals surface area (Å²) in [5.74, 6) is 0.710. The summed E-state index contributed by atoms with van der Waals surface area (Å²) in [4.78, 5) is 8.13. The second-order valence-electron chi connectivity index (χ2n) is 7.43. The molecule has 6 heteroatoms. The monoisotopic (exact) mass is 409 g/mol. The third-order valence-corrected chi connectivity index (χ3v) is 5.29. The van der Waals surface area contributed by atoms with Crippen LogP contribution in [-0.4, -0.2) is 20.7 Å². The SMILES string of the molecule is Cc1[nH]c(-c2cc(C)n(C3=CC(C(F)(F)F)=CC=CC3)c2C)nc1-c1ccccc1. The molecule has 3 nitrogen and oxygen atoms in total. The van der Waals surface area contributed by atoms with Gasteiger partial charge < -0.3 is 9.55 Å². The molecule has 30 heavy (non-hydrogen) atoms. The summed E-state index contributed by atoms with van der Waals surface area (Å²) in [7, 11) is 0. The van der Waals surface area contributed by atoms with E-state index in [0.717, 1.165) is 40.0 Å². The van der Waals surface area contributed by atoms with Gasteiger partial charge in [0, 0.05) is 40.3 Å². The smallest absolute Gasteiger partial charge is 0.341 e. The van der Waals surface area contributed by atoms with Gasteiger partial charge in [-0.05, 0) is 32.9 Å². The molecule has 0 bridgehead atoms. The molecular weight excluding hydrogens is 387 g/mol. The molecule has 4 rings (SSSR count). The Morgan fingerprint density at radius 2 is 1.80 bits per heavy atom. The molecule has 2 heterocycles. The van der Waals surface area contributed by atoms with Gasteiger partial charge in [-0.1, -0.05) is 48.6 Å². The van der Waals surface area contributed by atoms with Gasteiger partial charge in [-0.15, -0.1) is 0 Å². The average Bonchev–Trinajstić information content (AvgIpc) is 3.09. The number of hydrogen-bond acceptors (Lipinski definition) is 1. The number of H-pyrrole nitrogens is 1. The number of nitrogens with zero attached hydrogens (tertiary/aromatic N) is 2. The fraction of sp³-hybridized carbons (Fsp3) is 0.208. The van der Waals surface area contributed by atoms with Crippen molar-refractivity contribution in [2.45, 2.75) is 33.4 Å². The van der Waals surface area contributed by atoms with Crippen LogP contribution in [0.5, 0.6) is 0 Å². The summed E-state index contributed by atoms with van der Waals surface area (Å²) in [5.41, 5.74) is 5.35. The molecule has 0 radical (unpaired) electrons. The highest BCUT2D eigenvalue weighted by Crippen LogP contribution is 2.35. The van der Waals surface area contributed by atoms with Crippen LogP contribution in [0.15, 0.2) is 66.3 Å². The van der Waals surface area contributed by atoms with Crippen molar-refractivity contribution in [3.63, 3.8) is 0 Å². The number of aryl methyl sites for hydroxylation is 2. The molecule has 1 aliphatic carbocycles. The van der Waals surface area contributed by atoms with Crippen molar-refractivity contribution < 1.29 is 13.2 Å². The van der Waals surface area contributed by atoms with Crippen LogP contribution in [0.25, 0.3) is 28.3 Å². The Morgan fingerprint density at radius 3 is 2.50 bits per heavy atom. The van der Waals surface area contributed by atoms with E-state index in [0.29, 0.717) is 17.9 Å². The van der Waals surface area contributed by atoms with Crippen molar-refractivity contribution in [2.75, 3.05) is 0 Å². The van der Waals surface area contributed by atoms with Crippen molar-refractivity contribution in [2.24, 2.45) is 0 Å². The van der Waals surface area contributed by atoms with Crippen LogP contribution in [0.1, 0.15) is 23.5 Å². The number of rotatable bonds is 3. The largest absolute Gasteiger partial charge is 0.416 e. The van der Waals surface area contributed by atoms with Gasteiger partial charge in [0.15, 0.2) is 0 Å². The first-order valence-corrected chi connectivity index (χ1v) is 9.72. The number of aromatic nitrogens is 3. The number of nitrogens with one attached hydrogen (secondary N) is 1. The number of aromatic amines is 1. The van der Waals surface area contributed by atoms with Gasteiger partial charge in [-0.3, -0.25) is 0 Å². The molecule has 0 spiro atoms. The van der Waals surface area contributed by atoms with E-state index in [1.807, 2.05) is 61.7 Å². The molecule has 0 unspecified atom stereocenters. The molecule has 154 valence electrons. The molecule has 0 aliphatic heterocycles. The predicted octanol–water partition coefficient (Wildman–Crippen LogP) is 6.76. The molecule has 0 saturated heterocycles. The van der Waals surface area contributed by atoms with E-state index in [1.54, 1.807) is 6.08 Å². The first kappa shape index (κ1) is 20.0. The molecule has 1 N–H and O–H groups in total. The van der Waals surface area contributed by atoms with E-state index in [-0.39, 0.29) is 0 Å². The van der Waals surface area contributed by atoms with Crippen molar-refractivity contribution >= 4 is 5.70 Å². The minimum atomic E-state index is -4.39. The zero-order chi connectivity index (χ0) is 21.5. The summed E-state index contributed by atoms with van der Waals surface area (Å²) in [6.45, 7) is 5.78. The Labute approximate surface area is 173 Å². The predicted molar refractivity (Wildman–Crippen MR) is 114 cm³/mol. The Balaban J connectivity index is 1.78. The number of imidazole rings is 1. The summed E-state index contributed by atoms with van der Waals surface area (Å²) in [5, 5.41) is 0. The van der Waals surface area contributed by atoms with Crippen LogP contribution < -0.4 is 0 Å². The van der Waals surface area contributed by atoms with Crippen molar-refractivity contribution in [1.82, 2.24) is 14.5 Å². The van der Waals surface area contributed by atoms with Gasteiger partial charge in [0.1, 0.15) is 5.82 Å². The lowest BCUT2D eigenvalue weighted by molar-refractivity contribution is -0.0881. The Hall–Kier alpha value is -3.28.